The van der Waals surface area contributed by atoms with Crippen molar-refractivity contribution in [1.29, 1.82) is 0 Å². The Kier molecular flexibility index (Phi) is 4.74. The number of aryl methyl sites for hydroxylation is 1. The molecule has 3 amide bonds. The number of aromatic nitrogens is 1. The molecular weight excluding hydrogens is 304 g/mol. The van der Waals surface area contributed by atoms with Crippen LogP contribution < -0.4 is 16.0 Å². The lowest BCUT2D eigenvalue weighted by molar-refractivity contribution is -0.117. The van der Waals surface area contributed by atoms with Gasteiger partial charge in [-0.25, -0.2) is 4.79 Å². The highest BCUT2D eigenvalue weighted by Crippen LogP contribution is 2.30. The summed E-state index contributed by atoms with van der Waals surface area (Å²) in [4.78, 5) is 27.9. The van der Waals surface area contributed by atoms with Gasteiger partial charge in [0.05, 0.1) is 12.2 Å². The van der Waals surface area contributed by atoms with Gasteiger partial charge in [0.2, 0.25) is 5.91 Å². The summed E-state index contributed by atoms with van der Waals surface area (Å²) < 4.78 is 0. The smallest absolute Gasteiger partial charge is 0.319 e. The first-order valence-corrected chi connectivity index (χ1v) is 7.98. The fraction of sp³-hybridized carbons (Fsp3) is 0.278. The van der Waals surface area contributed by atoms with E-state index in [4.69, 9.17) is 0 Å². The Labute approximate surface area is 140 Å². The summed E-state index contributed by atoms with van der Waals surface area (Å²) in [5.74, 6) is 0.239. The first kappa shape index (κ1) is 16.0. The van der Waals surface area contributed by atoms with Crippen LogP contribution in [0.15, 0.2) is 42.5 Å². The summed E-state index contributed by atoms with van der Waals surface area (Å²) in [7, 11) is 0. The lowest BCUT2D eigenvalue weighted by atomic mass is 10.2. The van der Waals surface area contributed by atoms with Crippen molar-refractivity contribution in [1.82, 2.24) is 10.3 Å². The van der Waals surface area contributed by atoms with E-state index in [0.717, 1.165) is 29.9 Å². The van der Waals surface area contributed by atoms with Crippen LogP contribution in [0.5, 0.6) is 0 Å². The van der Waals surface area contributed by atoms with Crippen LogP contribution >= 0.6 is 0 Å². The van der Waals surface area contributed by atoms with E-state index in [-0.39, 0.29) is 17.9 Å². The quantitative estimate of drug-likeness (QED) is 0.790. The first-order chi connectivity index (χ1) is 11.6. The SMILES string of the molecule is Cc1cccc(CNC(=O)Nc2ccc(NC(=O)C3CC3)cc2)n1. The number of hydrogen-bond acceptors (Lipinski definition) is 3. The molecule has 1 aromatic heterocycles. The lowest BCUT2D eigenvalue weighted by Crippen LogP contribution is -2.28. The lowest BCUT2D eigenvalue weighted by Gasteiger charge is -2.09. The Morgan fingerprint density at radius 3 is 2.33 bits per heavy atom. The number of pyridine rings is 1. The van der Waals surface area contributed by atoms with E-state index in [1.165, 1.54) is 0 Å². The average Bonchev–Trinajstić information content (AvgIpc) is 3.40. The highest BCUT2D eigenvalue weighted by Gasteiger charge is 2.29. The van der Waals surface area contributed by atoms with Crippen LogP contribution in [0.4, 0.5) is 16.2 Å². The molecule has 0 aliphatic heterocycles. The zero-order valence-electron chi connectivity index (χ0n) is 13.5. The average molecular weight is 324 g/mol. The number of nitrogens with zero attached hydrogens (tertiary/aromatic N) is 1. The van der Waals surface area contributed by atoms with Gasteiger partial charge >= 0.3 is 6.03 Å². The van der Waals surface area contributed by atoms with Crippen molar-refractivity contribution in [2.24, 2.45) is 5.92 Å². The molecule has 1 fully saturated rings. The number of hydrogen-bond donors (Lipinski definition) is 3. The first-order valence-electron chi connectivity index (χ1n) is 7.98. The third-order valence-electron chi connectivity index (χ3n) is 3.73. The molecule has 24 heavy (non-hydrogen) atoms. The van der Waals surface area contributed by atoms with Gasteiger partial charge in [-0.2, -0.15) is 0 Å². The topological polar surface area (TPSA) is 83.1 Å². The van der Waals surface area contributed by atoms with Crippen molar-refractivity contribution in [3.05, 3.63) is 53.9 Å². The van der Waals surface area contributed by atoms with Gasteiger partial charge < -0.3 is 16.0 Å². The molecule has 1 aliphatic carbocycles. The van der Waals surface area contributed by atoms with E-state index in [1.807, 2.05) is 25.1 Å². The Balaban J connectivity index is 1.48. The number of carbonyl (C=O) groups is 2. The van der Waals surface area contributed by atoms with Crippen molar-refractivity contribution in [3.63, 3.8) is 0 Å². The molecule has 0 spiro atoms. The normalized spacial score (nSPS) is 13.2. The van der Waals surface area contributed by atoms with E-state index in [9.17, 15) is 9.59 Å². The third kappa shape index (κ3) is 4.55. The Bertz CT molecular complexity index is 739. The highest BCUT2D eigenvalue weighted by molar-refractivity contribution is 5.94. The predicted octanol–water partition coefficient (Wildman–Crippen LogP) is 3.06. The minimum atomic E-state index is -0.298. The fourth-order valence-corrected chi connectivity index (χ4v) is 2.27. The Morgan fingerprint density at radius 2 is 1.71 bits per heavy atom. The largest absolute Gasteiger partial charge is 0.332 e. The maximum Gasteiger partial charge on any atom is 0.319 e. The Morgan fingerprint density at radius 1 is 1.04 bits per heavy atom. The van der Waals surface area contributed by atoms with Crippen LogP contribution in [0, 0.1) is 12.8 Å². The molecule has 0 unspecified atom stereocenters. The zero-order chi connectivity index (χ0) is 16.9. The molecule has 6 heteroatoms. The van der Waals surface area contributed by atoms with Crippen molar-refractivity contribution in [2.45, 2.75) is 26.3 Å². The van der Waals surface area contributed by atoms with Gasteiger partial charge in [0, 0.05) is 23.0 Å². The van der Waals surface area contributed by atoms with E-state index in [1.54, 1.807) is 24.3 Å². The van der Waals surface area contributed by atoms with Crippen molar-refractivity contribution >= 4 is 23.3 Å². The van der Waals surface area contributed by atoms with Crippen molar-refractivity contribution in [2.75, 3.05) is 10.6 Å². The monoisotopic (exact) mass is 324 g/mol. The minimum absolute atomic E-state index is 0.0686. The van der Waals surface area contributed by atoms with Crippen LogP contribution in [-0.4, -0.2) is 16.9 Å². The molecule has 1 aliphatic rings. The maximum absolute atomic E-state index is 11.9. The van der Waals surface area contributed by atoms with Gasteiger partial charge in [-0.05, 0) is 56.2 Å². The van der Waals surface area contributed by atoms with Gasteiger partial charge in [0.15, 0.2) is 0 Å². The molecule has 1 saturated carbocycles. The van der Waals surface area contributed by atoms with Gasteiger partial charge in [-0.1, -0.05) is 6.07 Å². The molecule has 0 radical (unpaired) electrons. The van der Waals surface area contributed by atoms with E-state index >= 15 is 0 Å². The molecule has 1 heterocycles. The fourth-order valence-electron chi connectivity index (χ4n) is 2.27. The van der Waals surface area contributed by atoms with Crippen LogP contribution in [0.25, 0.3) is 0 Å². The van der Waals surface area contributed by atoms with Crippen molar-refractivity contribution in [3.8, 4) is 0 Å². The number of rotatable bonds is 5. The molecule has 2 aromatic rings. The summed E-state index contributed by atoms with van der Waals surface area (Å²) in [6.45, 7) is 2.27. The van der Waals surface area contributed by atoms with Crippen molar-refractivity contribution < 1.29 is 9.59 Å². The van der Waals surface area contributed by atoms with Gasteiger partial charge in [-0.15, -0.1) is 0 Å². The molecular formula is C18H20N4O2. The number of amides is 3. The van der Waals surface area contributed by atoms with Crippen LogP contribution in [0.2, 0.25) is 0 Å². The summed E-state index contributed by atoms with van der Waals surface area (Å²) in [5, 5.41) is 8.38. The summed E-state index contributed by atoms with van der Waals surface area (Å²) in [6, 6.07) is 12.5. The van der Waals surface area contributed by atoms with Gasteiger partial charge in [-0.3, -0.25) is 9.78 Å². The second kappa shape index (κ2) is 7.12. The van der Waals surface area contributed by atoms with Crippen LogP contribution in [0.3, 0.4) is 0 Å². The highest BCUT2D eigenvalue weighted by atomic mass is 16.2. The number of urea groups is 1. The number of benzene rings is 1. The summed E-state index contributed by atoms with van der Waals surface area (Å²) in [6.07, 6.45) is 1.95. The molecule has 0 atom stereocenters. The number of carbonyl (C=O) groups excluding carboxylic acids is 2. The second-order valence-corrected chi connectivity index (χ2v) is 5.92. The third-order valence-corrected chi connectivity index (χ3v) is 3.73. The molecule has 6 nitrogen and oxygen atoms in total. The maximum atomic E-state index is 11.9. The second-order valence-electron chi connectivity index (χ2n) is 5.92. The predicted molar refractivity (Wildman–Crippen MR) is 92.6 cm³/mol. The molecule has 3 rings (SSSR count). The number of anilines is 2. The Hall–Kier alpha value is -2.89. The van der Waals surface area contributed by atoms with E-state index < -0.39 is 0 Å². The summed E-state index contributed by atoms with van der Waals surface area (Å²) >= 11 is 0. The van der Waals surface area contributed by atoms with Crippen LogP contribution in [0.1, 0.15) is 24.2 Å². The standard InChI is InChI=1S/C18H20N4O2/c1-12-3-2-4-16(20-12)11-19-18(24)22-15-9-7-14(8-10-15)21-17(23)13-5-6-13/h2-4,7-10,13H,5-6,11H2,1H3,(H,21,23)(H2,19,22,24). The molecule has 3 N–H and O–H groups in total. The van der Waals surface area contributed by atoms with Crippen LogP contribution in [-0.2, 0) is 11.3 Å². The summed E-state index contributed by atoms with van der Waals surface area (Å²) in [5.41, 5.74) is 3.12. The van der Waals surface area contributed by atoms with Gasteiger partial charge in [0.1, 0.15) is 0 Å². The zero-order valence-corrected chi connectivity index (χ0v) is 13.5. The van der Waals surface area contributed by atoms with E-state index in [2.05, 4.69) is 20.9 Å². The number of nitrogens with one attached hydrogen (secondary N) is 3. The van der Waals surface area contributed by atoms with Gasteiger partial charge in [0.25, 0.3) is 0 Å². The molecule has 0 bridgehead atoms. The molecule has 124 valence electrons. The molecule has 0 saturated heterocycles. The minimum Gasteiger partial charge on any atom is -0.332 e. The van der Waals surface area contributed by atoms with E-state index in [0.29, 0.717) is 12.2 Å². The molecule has 1 aromatic carbocycles.